The molecule has 2 aliphatic rings. The van der Waals surface area contributed by atoms with Crippen molar-refractivity contribution < 1.29 is 0 Å². The second-order valence-electron chi connectivity index (χ2n) is 6.30. The highest BCUT2D eigenvalue weighted by Crippen LogP contribution is 2.36. The molecule has 2 nitrogen and oxygen atoms in total. The highest BCUT2D eigenvalue weighted by Gasteiger charge is 2.26. The molecule has 0 aliphatic carbocycles. The Kier molecular flexibility index (Phi) is 4.69. The van der Waals surface area contributed by atoms with Crippen LogP contribution in [-0.2, 0) is 0 Å². The van der Waals surface area contributed by atoms with Crippen molar-refractivity contribution in [3.63, 3.8) is 0 Å². The summed E-state index contributed by atoms with van der Waals surface area (Å²) in [6.07, 6.45) is 3.86. The van der Waals surface area contributed by atoms with Gasteiger partial charge in [0.15, 0.2) is 0 Å². The fourth-order valence-corrected chi connectivity index (χ4v) is 4.51. The van der Waals surface area contributed by atoms with Crippen molar-refractivity contribution in [3.05, 3.63) is 29.8 Å². The van der Waals surface area contributed by atoms with Gasteiger partial charge in [-0.05, 0) is 63.6 Å². The molecule has 3 heteroatoms. The van der Waals surface area contributed by atoms with E-state index in [0.717, 1.165) is 0 Å². The van der Waals surface area contributed by atoms with E-state index in [9.17, 15) is 0 Å². The molecule has 0 aromatic heterocycles. The summed E-state index contributed by atoms with van der Waals surface area (Å²) in [7, 11) is 0. The topological polar surface area (TPSA) is 15.3 Å². The number of nitrogens with one attached hydrogen (secondary N) is 1. The van der Waals surface area contributed by atoms with E-state index in [1.165, 1.54) is 48.6 Å². The van der Waals surface area contributed by atoms with Gasteiger partial charge in [-0.1, -0.05) is 18.2 Å². The van der Waals surface area contributed by atoms with Gasteiger partial charge in [0.1, 0.15) is 0 Å². The van der Waals surface area contributed by atoms with Crippen LogP contribution in [-0.4, -0.2) is 35.8 Å². The molecule has 1 atom stereocenters. The van der Waals surface area contributed by atoms with E-state index >= 15 is 0 Å². The molecule has 20 heavy (non-hydrogen) atoms. The summed E-state index contributed by atoms with van der Waals surface area (Å²) in [5, 5.41) is 3.93. The second kappa shape index (κ2) is 6.50. The predicted molar refractivity (Wildman–Crippen MR) is 87.4 cm³/mol. The van der Waals surface area contributed by atoms with Gasteiger partial charge in [0.05, 0.1) is 0 Å². The van der Waals surface area contributed by atoms with E-state index in [0.29, 0.717) is 18.1 Å². The van der Waals surface area contributed by atoms with Gasteiger partial charge >= 0.3 is 0 Å². The Balaban J connectivity index is 1.60. The molecule has 1 fully saturated rings. The van der Waals surface area contributed by atoms with Gasteiger partial charge in [0.25, 0.3) is 0 Å². The molecular formula is C17H26N2S. The van der Waals surface area contributed by atoms with Crippen molar-refractivity contribution in [2.45, 2.75) is 56.1 Å². The molecule has 0 saturated carbocycles. The van der Waals surface area contributed by atoms with Crippen LogP contribution >= 0.6 is 11.8 Å². The lowest BCUT2D eigenvalue weighted by atomic mass is 9.98. The van der Waals surface area contributed by atoms with Gasteiger partial charge in [-0.2, -0.15) is 0 Å². The van der Waals surface area contributed by atoms with Crippen molar-refractivity contribution in [1.82, 2.24) is 10.2 Å². The molecule has 2 aliphatic heterocycles. The summed E-state index contributed by atoms with van der Waals surface area (Å²) in [6.45, 7) is 7.11. The molecule has 0 spiro atoms. The highest BCUT2D eigenvalue weighted by atomic mass is 32.2. The average molecular weight is 290 g/mol. The van der Waals surface area contributed by atoms with Crippen LogP contribution < -0.4 is 5.32 Å². The lowest BCUT2D eigenvalue weighted by Crippen LogP contribution is -2.46. The van der Waals surface area contributed by atoms with Gasteiger partial charge < -0.3 is 10.2 Å². The summed E-state index contributed by atoms with van der Waals surface area (Å²) in [4.78, 5) is 4.08. The molecule has 2 heterocycles. The lowest BCUT2D eigenvalue weighted by molar-refractivity contribution is 0.155. The Labute approximate surface area is 127 Å². The molecule has 3 rings (SSSR count). The number of thioether (sulfide) groups is 1. The third-order valence-corrected chi connectivity index (χ3v) is 5.78. The number of nitrogens with zero attached hydrogens (tertiary/aromatic N) is 1. The van der Waals surface area contributed by atoms with Crippen LogP contribution in [0.15, 0.2) is 29.2 Å². The number of hydrogen-bond acceptors (Lipinski definition) is 3. The van der Waals surface area contributed by atoms with Gasteiger partial charge in [0, 0.05) is 23.0 Å². The zero-order chi connectivity index (χ0) is 13.9. The van der Waals surface area contributed by atoms with Gasteiger partial charge in [0.2, 0.25) is 0 Å². The van der Waals surface area contributed by atoms with Crippen LogP contribution in [0.25, 0.3) is 0 Å². The molecule has 0 radical (unpaired) electrons. The molecule has 0 bridgehead atoms. The number of likely N-dealkylation sites (tertiary alicyclic amines) is 1. The first kappa shape index (κ1) is 14.4. The molecule has 0 amide bonds. The SMILES string of the molecule is CC(C)N1CCC(NC2CCSc3ccccc32)CC1. The molecule has 1 aromatic carbocycles. The summed E-state index contributed by atoms with van der Waals surface area (Å²) in [5.41, 5.74) is 1.52. The zero-order valence-corrected chi connectivity index (χ0v) is 13.5. The molecule has 1 N–H and O–H groups in total. The smallest absolute Gasteiger partial charge is 0.0341 e. The van der Waals surface area contributed by atoms with Crippen molar-refractivity contribution in [1.29, 1.82) is 0 Å². The normalized spacial score (nSPS) is 24.9. The van der Waals surface area contributed by atoms with E-state index in [1.54, 1.807) is 0 Å². The molecule has 1 aromatic rings. The minimum atomic E-state index is 0.572. The quantitative estimate of drug-likeness (QED) is 0.914. The molecule has 110 valence electrons. The summed E-state index contributed by atoms with van der Waals surface area (Å²) in [5.74, 6) is 1.25. The fraction of sp³-hybridized carbons (Fsp3) is 0.647. The molecular weight excluding hydrogens is 264 g/mol. The zero-order valence-electron chi connectivity index (χ0n) is 12.6. The van der Waals surface area contributed by atoms with E-state index in [4.69, 9.17) is 0 Å². The monoisotopic (exact) mass is 290 g/mol. The molecule has 1 saturated heterocycles. The Hall–Kier alpha value is -0.510. The van der Waals surface area contributed by atoms with Crippen molar-refractivity contribution in [2.24, 2.45) is 0 Å². The predicted octanol–water partition coefficient (Wildman–Crippen LogP) is 3.69. The summed E-state index contributed by atoms with van der Waals surface area (Å²) >= 11 is 2.01. The van der Waals surface area contributed by atoms with Crippen LogP contribution in [0.2, 0.25) is 0 Å². The minimum absolute atomic E-state index is 0.572. The van der Waals surface area contributed by atoms with Crippen LogP contribution in [0.5, 0.6) is 0 Å². The minimum Gasteiger partial charge on any atom is -0.307 e. The van der Waals surface area contributed by atoms with Crippen molar-refractivity contribution in [3.8, 4) is 0 Å². The maximum Gasteiger partial charge on any atom is 0.0341 e. The second-order valence-corrected chi connectivity index (χ2v) is 7.43. The number of fused-ring (bicyclic) bond motifs is 1. The number of hydrogen-bond donors (Lipinski definition) is 1. The maximum atomic E-state index is 3.93. The van der Waals surface area contributed by atoms with Gasteiger partial charge in [-0.15, -0.1) is 11.8 Å². The highest BCUT2D eigenvalue weighted by molar-refractivity contribution is 7.99. The Morgan fingerprint density at radius 2 is 1.90 bits per heavy atom. The number of piperidine rings is 1. The lowest BCUT2D eigenvalue weighted by Gasteiger charge is -2.37. The first-order chi connectivity index (χ1) is 9.74. The number of benzene rings is 1. The summed E-state index contributed by atoms with van der Waals surface area (Å²) in [6, 6.07) is 10.9. The number of rotatable bonds is 3. The van der Waals surface area contributed by atoms with Crippen LogP contribution in [0.1, 0.15) is 44.7 Å². The third-order valence-electron chi connectivity index (χ3n) is 4.66. The van der Waals surface area contributed by atoms with Crippen molar-refractivity contribution in [2.75, 3.05) is 18.8 Å². The standard InChI is InChI=1S/C17H26N2S/c1-13(2)19-10-7-14(8-11-19)18-16-9-12-20-17-6-4-3-5-15(16)17/h3-6,13-14,16,18H,7-12H2,1-2H3. The Morgan fingerprint density at radius 1 is 1.15 bits per heavy atom. The summed E-state index contributed by atoms with van der Waals surface area (Å²) < 4.78 is 0. The van der Waals surface area contributed by atoms with E-state index in [2.05, 4.69) is 48.3 Å². The Morgan fingerprint density at radius 3 is 2.65 bits per heavy atom. The van der Waals surface area contributed by atoms with Crippen LogP contribution in [0.3, 0.4) is 0 Å². The van der Waals surface area contributed by atoms with Crippen molar-refractivity contribution >= 4 is 11.8 Å². The van der Waals surface area contributed by atoms with Gasteiger partial charge in [-0.3, -0.25) is 0 Å². The first-order valence-corrected chi connectivity index (χ1v) is 8.94. The molecule has 1 unspecified atom stereocenters. The average Bonchev–Trinajstić information content (AvgIpc) is 2.48. The van der Waals surface area contributed by atoms with Gasteiger partial charge in [-0.25, -0.2) is 0 Å². The van der Waals surface area contributed by atoms with Crippen LogP contribution in [0.4, 0.5) is 0 Å². The third kappa shape index (κ3) is 3.21. The van der Waals surface area contributed by atoms with E-state index in [1.807, 2.05) is 11.8 Å². The Bertz CT molecular complexity index is 438. The largest absolute Gasteiger partial charge is 0.307 e. The maximum absolute atomic E-state index is 3.93. The first-order valence-electron chi connectivity index (χ1n) is 7.96. The fourth-order valence-electron chi connectivity index (χ4n) is 3.38. The van der Waals surface area contributed by atoms with E-state index < -0.39 is 0 Å². The van der Waals surface area contributed by atoms with Crippen LogP contribution in [0, 0.1) is 0 Å². The van der Waals surface area contributed by atoms with E-state index in [-0.39, 0.29) is 0 Å².